The lowest BCUT2D eigenvalue weighted by atomic mass is 9.94. The zero-order valence-corrected chi connectivity index (χ0v) is 13.1. The summed E-state index contributed by atoms with van der Waals surface area (Å²) in [5.41, 5.74) is 8.92. The van der Waals surface area contributed by atoms with E-state index >= 15 is 0 Å². The van der Waals surface area contributed by atoms with Crippen LogP contribution in [0, 0.1) is 27.7 Å². The normalized spacial score (nSPS) is 22.8. The van der Waals surface area contributed by atoms with E-state index in [2.05, 4.69) is 52.2 Å². The third-order valence-electron chi connectivity index (χ3n) is 5.48. The number of nitrogens with zero attached hydrogens (tertiary/aromatic N) is 1. The number of hydrogen-bond donors (Lipinski definition) is 0. The number of fused-ring (bicyclic) bond motifs is 3. The molecule has 0 saturated carbocycles. The highest BCUT2D eigenvalue weighted by atomic mass is 15.0. The molecule has 3 rings (SSSR count). The Kier molecular flexibility index (Phi) is 2.78. The van der Waals surface area contributed by atoms with E-state index in [4.69, 9.17) is 0 Å². The summed E-state index contributed by atoms with van der Waals surface area (Å²) >= 11 is 0. The quantitative estimate of drug-likeness (QED) is 0.599. The van der Waals surface area contributed by atoms with Crippen molar-refractivity contribution < 1.29 is 0 Å². The van der Waals surface area contributed by atoms with E-state index in [-0.39, 0.29) is 0 Å². The van der Waals surface area contributed by atoms with Gasteiger partial charge in [-0.1, -0.05) is 6.92 Å². The number of rotatable bonds is 0. The van der Waals surface area contributed by atoms with E-state index in [1.54, 1.807) is 5.69 Å². The van der Waals surface area contributed by atoms with Crippen LogP contribution >= 0.6 is 0 Å². The first kappa shape index (κ1) is 12.8. The maximum atomic E-state index is 2.62. The molecule has 1 nitrogen and oxygen atoms in total. The molecule has 0 fully saturated rings. The SMILES string of the molecule is Cc1c(C)c(C)c2c(cc3n2C(C)CCC3C)c1C. The molecular weight excluding hydrogens is 230 g/mol. The van der Waals surface area contributed by atoms with Gasteiger partial charge in [0.25, 0.3) is 0 Å². The summed E-state index contributed by atoms with van der Waals surface area (Å²) < 4.78 is 2.62. The molecule has 2 aromatic rings. The van der Waals surface area contributed by atoms with Crippen molar-refractivity contribution in [3.05, 3.63) is 34.0 Å². The van der Waals surface area contributed by atoms with Gasteiger partial charge in [0.05, 0.1) is 5.52 Å². The standard InChI is InChI=1S/C18H25N/c1-10-7-8-11(2)19-17(10)9-16-14(5)12(3)13(4)15(6)18(16)19/h9-11H,7-8H2,1-6H3. The van der Waals surface area contributed by atoms with E-state index in [1.165, 1.54) is 46.0 Å². The smallest absolute Gasteiger partial charge is 0.0520 e. The molecule has 1 aromatic heterocycles. The second-order valence-corrected chi connectivity index (χ2v) is 6.53. The summed E-state index contributed by atoms with van der Waals surface area (Å²) in [5, 5.41) is 1.48. The fraction of sp³-hybridized carbons (Fsp3) is 0.556. The lowest BCUT2D eigenvalue weighted by molar-refractivity contribution is 0.404. The van der Waals surface area contributed by atoms with Crippen molar-refractivity contribution in [2.45, 2.75) is 66.3 Å². The van der Waals surface area contributed by atoms with Gasteiger partial charge in [0.2, 0.25) is 0 Å². The van der Waals surface area contributed by atoms with Gasteiger partial charge in [-0.05, 0) is 81.7 Å². The molecule has 102 valence electrons. The maximum absolute atomic E-state index is 2.62. The molecule has 0 bridgehead atoms. The molecule has 0 amide bonds. The second-order valence-electron chi connectivity index (χ2n) is 6.53. The molecule has 1 aliphatic heterocycles. The first-order valence-corrected chi connectivity index (χ1v) is 7.54. The Labute approximate surface area is 116 Å². The highest BCUT2D eigenvalue weighted by Crippen LogP contribution is 2.41. The summed E-state index contributed by atoms with van der Waals surface area (Å²) in [6.45, 7) is 13.9. The molecule has 2 heterocycles. The number of aromatic nitrogens is 1. The summed E-state index contributed by atoms with van der Waals surface area (Å²) in [6, 6.07) is 3.11. The van der Waals surface area contributed by atoms with Crippen LogP contribution in [-0.4, -0.2) is 4.57 Å². The van der Waals surface area contributed by atoms with Crippen molar-refractivity contribution in [1.29, 1.82) is 0 Å². The van der Waals surface area contributed by atoms with Gasteiger partial charge >= 0.3 is 0 Å². The molecule has 19 heavy (non-hydrogen) atoms. The zero-order valence-electron chi connectivity index (χ0n) is 13.1. The van der Waals surface area contributed by atoms with Crippen molar-refractivity contribution in [2.75, 3.05) is 0 Å². The summed E-state index contributed by atoms with van der Waals surface area (Å²) in [6.07, 6.45) is 2.64. The van der Waals surface area contributed by atoms with E-state index < -0.39 is 0 Å². The summed E-state index contributed by atoms with van der Waals surface area (Å²) in [5.74, 6) is 0.697. The van der Waals surface area contributed by atoms with Crippen LogP contribution < -0.4 is 0 Å². The first-order valence-electron chi connectivity index (χ1n) is 7.54. The van der Waals surface area contributed by atoms with Crippen LogP contribution in [0.4, 0.5) is 0 Å². The van der Waals surface area contributed by atoms with Gasteiger partial charge in [-0.2, -0.15) is 0 Å². The molecule has 1 aliphatic rings. The molecular formula is C18H25N. The Morgan fingerprint density at radius 1 is 0.895 bits per heavy atom. The van der Waals surface area contributed by atoms with Gasteiger partial charge in [-0.15, -0.1) is 0 Å². The number of aryl methyl sites for hydroxylation is 2. The molecule has 0 radical (unpaired) electrons. The molecule has 2 unspecified atom stereocenters. The summed E-state index contributed by atoms with van der Waals surface area (Å²) in [4.78, 5) is 0. The van der Waals surface area contributed by atoms with Crippen molar-refractivity contribution in [3.8, 4) is 0 Å². The molecule has 0 saturated heterocycles. The summed E-state index contributed by atoms with van der Waals surface area (Å²) in [7, 11) is 0. The molecule has 0 spiro atoms. The molecule has 1 heteroatoms. The molecule has 1 aromatic carbocycles. The largest absolute Gasteiger partial charge is 0.341 e. The first-order chi connectivity index (χ1) is 8.93. The average molecular weight is 255 g/mol. The van der Waals surface area contributed by atoms with Crippen molar-refractivity contribution >= 4 is 10.9 Å². The second kappa shape index (κ2) is 4.13. The van der Waals surface area contributed by atoms with Crippen molar-refractivity contribution in [1.82, 2.24) is 4.57 Å². The van der Waals surface area contributed by atoms with E-state index in [1.807, 2.05) is 0 Å². The lowest BCUT2D eigenvalue weighted by Gasteiger charge is -2.29. The Hall–Kier alpha value is -1.24. The average Bonchev–Trinajstić information content (AvgIpc) is 2.80. The Bertz CT molecular complexity index is 660. The molecule has 0 N–H and O–H groups in total. The third kappa shape index (κ3) is 1.60. The van der Waals surface area contributed by atoms with Crippen molar-refractivity contribution in [3.63, 3.8) is 0 Å². The molecule has 0 aliphatic carbocycles. The minimum atomic E-state index is 0.643. The van der Waals surface area contributed by atoms with Gasteiger partial charge in [0.1, 0.15) is 0 Å². The predicted octanol–water partition coefficient (Wildman–Crippen LogP) is 5.33. The van der Waals surface area contributed by atoms with Crippen LogP contribution in [0.1, 0.15) is 66.6 Å². The van der Waals surface area contributed by atoms with Crippen LogP contribution in [0.5, 0.6) is 0 Å². The van der Waals surface area contributed by atoms with Gasteiger partial charge < -0.3 is 4.57 Å². The van der Waals surface area contributed by atoms with Crippen LogP contribution in [0.2, 0.25) is 0 Å². The van der Waals surface area contributed by atoms with Crippen LogP contribution in [0.15, 0.2) is 6.07 Å². The van der Waals surface area contributed by atoms with Crippen LogP contribution in [-0.2, 0) is 0 Å². The lowest BCUT2D eigenvalue weighted by Crippen LogP contribution is -2.17. The van der Waals surface area contributed by atoms with Crippen LogP contribution in [0.25, 0.3) is 10.9 Å². The van der Waals surface area contributed by atoms with Gasteiger partial charge in [0, 0.05) is 17.1 Å². The fourth-order valence-electron chi connectivity index (χ4n) is 3.78. The number of benzene rings is 1. The monoisotopic (exact) mass is 255 g/mol. The molecule has 2 atom stereocenters. The number of hydrogen-bond acceptors (Lipinski definition) is 0. The highest BCUT2D eigenvalue weighted by molar-refractivity contribution is 5.90. The fourth-order valence-corrected chi connectivity index (χ4v) is 3.78. The predicted molar refractivity (Wildman–Crippen MR) is 83.2 cm³/mol. The third-order valence-corrected chi connectivity index (χ3v) is 5.48. The highest BCUT2D eigenvalue weighted by Gasteiger charge is 2.26. The Morgan fingerprint density at radius 2 is 1.53 bits per heavy atom. The van der Waals surface area contributed by atoms with Crippen molar-refractivity contribution in [2.24, 2.45) is 0 Å². The topological polar surface area (TPSA) is 4.93 Å². The minimum absolute atomic E-state index is 0.643. The van der Waals surface area contributed by atoms with Gasteiger partial charge in [-0.25, -0.2) is 0 Å². The van der Waals surface area contributed by atoms with E-state index in [0.717, 1.165) is 0 Å². The Morgan fingerprint density at radius 3 is 2.21 bits per heavy atom. The zero-order chi connectivity index (χ0) is 13.9. The van der Waals surface area contributed by atoms with Gasteiger partial charge in [0.15, 0.2) is 0 Å². The Balaban J connectivity index is 2.48. The van der Waals surface area contributed by atoms with Crippen LogP contribution in [0.3, 0.4) is 0 Å². The maximum Gasteiger partial charge on any atom is 0.0520 e. The van der Waals surface area contributed by atoms with E-state index in [0.29, 0.717) is 12.0 Å². The van der Waals surface area contributed by atoms with Gasteiger partial charge in [-0.3, -0.25) is 0 Å². The minimum Gasteiger partial charge on any atom is -0.341 e. The van der Waals surface area contributed by atoms with E-state index in [9.17, 15) is 0 Å².